The first kappa shape index (κ1) is 16.0. The van der Waals surface area contributed by atoms with Crippen LogP contribution in [0.1, 0.15) is 19.8 Å². The van der Waals surface area contributed by atoms with Crippen molar-refractivity contribution in [3.63, 3.8) is 0 Å². The summed E-state index contributed by atoms with van der Waals surface area (Å²) in [4.78, 5) is 23.7. The molecule has 0 aromatic carbocycles. The van der Waals surface area contributed by atoms with Crippen LogP contribution in [0.5, 0.6) is 0 Å². The van der Waals surface area contributed by atoms with E-state index in [1.165, 1.54) is 10.6 Å². The lowest BCUT2D eigenvalue weighted by atomic mass is 10.3. The molecule has 0 atom stereocenters. The molecule has 7 N–H and O–H groups in total. The first-order valence-electron chi connectivity index (χ1n) is 5.54. The predicted octanol–water partition coefficient (Wildman–Crippen LogP) is 0.323. The van der Waals surface area contributed by atoms with Crippen LogP contribution in [0.3, 0.4) is 0 Å². The molecule has 18 heavy (non-hydrogen) atoms. The van der Waals surface area contributed by atoms with E-state index in [4.69, 9.17) is 11.5 Å². The fraction of sp³-hybridized carbons (Fsp3) is 0.455. The second-order valence-corrected chi connectivity index (χ2v) is 3.79. The van der Waals surface area contributed by atoms with Gasteiger partial charge in [0.2, 0.25) is 0 Å². The summed E-state index contributed by atoms with van der Waals surface area (Å²) in [6, 6.07) is 0. The number of allylic oxidation sites excluding steroid dienone is 1. The number of rotatable bonds is 5. The van der Waals surface area contributed by atoms with E-state index >= 15 is 0 Å². The van der Waals surface area contributed by atoms with Gasteiger partial charge in [-0.15, -0.1) is 6.58 Å². The van der Waals surface area contributed by atoms with Gasteiger partial charge in [0.25, 0.3) is 5.56 Å². The molecular formula is C11H21N5O2. The molecule has 7 nitrogen and oxygen atoms in total. The minimum Gasteiger partial charge on any atom is -0.391 e. The number of nitrogens with zero attached hydrogens (tertiary/aromatic N) is 2. The van der Waals surface area contributed by atoms with Gasteiger partial charge in [-0.25, -0.2) is 4.79 Å². The minimum absolute atomic E-state index is 0. The Morgan fingerprint density at radius 1 is 1.28 bits per heavy atom. The third-order valence-corrected chi connectivity index (χ3v) is 2.55. The third kappa shape index (κ3) is 2.80. The van der Waals surface area contributed by atoms with Crippen molar-refractivity contribution in [3.05, 3.63) is 33.5 Å². The van der Waals surface area contributed by atoms with Gasteiger partial charge in [-0.1, -0.05) is 19.4 Å². The van der Waals surface area contributed by atoms with Crippen molar-refractivity contribution >= 4 is 11.5 Å². The van der Waals surface area contributed by atoms with Crippen LogP contribution < -0.4 is 28.9 Å². The molecule has 0 aliphatic heterocycles. The quantitative estimate of drug-likeness (QED) is 0.652. The molecule has 1 aromatic rings. The van der Waals surface area contributed by atoms with Gasteiger partial charge in [0.15, 0.2) is 0 Å². The monoisotopic (exact) mass is 255 g/mol. The number of unbranched alkanes of at least 4 members (excludes halogenated alkanes) is 1. The summed E-state index contributed by atoms with van der Waals surface area (Å²) in [6.45, 7) is 6.10. The van der Waals surface area contributed by atoms with Gasteiger partial charge in [0.1, 0.15) is 11.5 Å². The topological polar surface area (TPSA) is 131 Å². The van der Waals surface area contributed by atoms with Crippen LogP contribution >= 0.6 is 0 Å². The summed E-state index contributed by atoms with van der Waals surface area (Å²) in [5.74, 6) is 0.0498. The molecule has 0 aliphatic rings. The lowest BCUT2D eigenvalue weighted by Gasteiger charge is -2.13. The molecule has 0 unspecified atom stereocenters. The Bertz CT molecular complexity index is 529. The van der Waals surface area contributed by atoms with E-state index in [1.54, 1.807) is 0 Å². The van der Waals surface area contributed by atoms with E-state index < -0.39 is 11.2 Å². The van der Waals surface area contributed by atoms with Gasteiger partial charge < -0.3 is 17.6 Å². The van der Waals surface area contributed by atoms with Crippen molar-refractivity contribution in [2.75, 3.05) is 11.5 Å². The predicted molar refractivity (Wildman–Crippen MR) is 73.9 cm³/mol. The third-order valence-electron chi connectivity index (χ3n) is 2.55. The summed E-state index contributed by atoms with van der Waals surface area (Å²) in [5, 5.41) is 0. The zero-order chi connectivity index (χ0) is 13.0. The Kier molecular flexibility index (Phi) is 5.90. The fourth-order valence-corrected chi connectivity index (χ4v) is 1.56. The number of hydrogen-bond acceptors (Lipinski definition) is 5. The molecule has 0 bridgehead atoms. The summed E-state index contributed by atoms with van der Waals surface area (Å²) in [5.41, 5.74) is 10.2. The summed E-state index contributed by atoms with van der Waals surface area (Å²) >= 11 is 0. The molecule has 1 aromatic heterocycles. The Balaban J connectivity index is 0.00000289. The van der Waals surface area contributed by atoms with Crippen LogP contribution in [0.25, 0.3) is 0 Å². The highest BCUT2D eigenvalue weighted by molar-refractivity contribution is 5.56. The smallest absolute Gasteiger partial charge is 0.332 e. The van der Waals surface area contributed by atoms with Crippen molar-refractivity contribution in [3.8, 4) is 0 Å². The van der Waals surface area contributed by atoms with E-state index in [1.807, 2.05) is 6.92 Å². The van der Waals surface area contributed by atoms with Gasteiger partial charge >= 0.3 is 5.69 Å². The first-order valence-corrected chi connectivity index (χ1v) is 5.54. The molecule has 0 aliphatic carbocycles. The van der Waals surface area contributed by atoms with E-state index in [0.717, 1.165) is 17.4 Å². The normalized spacial score (nSPS) is 9.83. The lowest BCUT2D eigenvalue weighted by Crippen LogP contribution is -2.42. The van der Waals surface area contributed by atoms with E-state index in [9.17, 15) is 9.59 Å². The van der Waals surface area contributed by atoms with E-state index in [-0.39, 0.29) is 24.2 Å². The van der Waals surface area contributed by atoms with Crippen molar-refractivity contribution in [1.29, 1.82) is 0 Å². The number of anilines is 2. The average molecular weight is 255 g/mol. The fourth-order valence-electron chi connectivity index (χ4n) is 1.56. The molecule has 0 fully saturated rings. The lowest BCUT2D eigenvalue weighted by molar-refractivity contribution is 0.564. The molecule has 0 amide bonds. The molecular weight excluding hydrogens is 234 g/mol. The molecule has 1 heterocycles. The van der Waals surface area contributed by atoms with Crippen LogP contribution in [-0.2, 0) is 13.1 Å². The maximum Gasteiger partial charge on any atom is 0.332 e. The summed E-state index contributed by atoms with van der Waals surface area (Å²) in [6.07, 6.45) is 3.20. The SMILES string of the molecule is C=CCn1c(=O)c(N)c(N)n(CCCC)c1=O.N. The molecule has 7 heteroatoms. The Morgan fingerprint density at radius 2 is 1.89 bits per heavy atom. The molecule has 0 radical (unpaired) electrons. The molecule has 102 valence electrons. The van der Waals surface area contributed by atoms with E-state index in [0.29, 0.717) is 6.54 Å². The highest BCUT2D eigenvalue weighted by atomic mass is 16.2. The maximum atomic E-state index is 12.0. The highest BCUT2D eigenvalue weighted by Crippen LogP contribution is 2.07. The highest BCUT2D eigenvalue weighted by Gasteiger charge is 2.13. The van der Waals surface area contributed by atoms with Crippen LogP contribution in [0.15, 0.2) is 22.2 Å². The Hall–Kier alpha value is -2.02. The number of aromatic nitrogens is 2. The van der Waals surface area contributed by atoms with Crippen LogP contribution in [0.4, 0.5) is 11.5 Å². The Labute approximate surface area is 105 Å². The van der Waals surface area contributed by atoms with Gasteiger partial charge in [-0.3, -0.25) is 13.9 Å². The van der Waals surface area contributed by atoms with Gasteiger partial charge in [-0.05, 0) is 6.42 Å². The molecule has 0 saturated carbocycles. The summed E-state index contributed by atoms with van der Waals surface area (Å²) in [7, 11) is 0. The van der Waals surface area contributed by atoms with Crippen molar-refractivity contribution < 1.29 is 0 Å². The number of nitrogens with two attached hydrogens (primary N) is 2. The Morgan fingerprint density at radius 3 is 2.39 bits per heavy atom. The second-order valence-electron chi connectivity index (χ2n) is 3.79. The second kappa shape index (κ2) is 6.65. The van der Waals surface area contributed by atoms with Gasteiger partial charge in [-0.2, -0.15) is 0 Å². The van der Waals surface area contributed by atoms with Crippen LogP contribution in [0, 0.1) is 0 Å². The zero-order valence-corrected chi connectivity index (χ0v) is 10.7. The standard InChI is InChI=1S/C11H18N4O2.H3N/c1-3-5-7-14-9(13)8(12)10(16)15(6-4-2)11(14)17;/h4H,2-3,5-7,12-13H2,1H3;1H3. The van der Waals surface area contributed by atoms with Crippen molar-refractivity contribution in [1.82, 2.24) is 15.3 Å². The first-order chi connectivity index (χ1) is 8.04. The van der Waals surface area contributed by atoms with Crippen molar-refractivity contribution in [2.45, 2.75) is 32.9 Å². The maximum absolute atomic E-state index is 12.0. The molecule has 0 spiro atoms. The largest absolute Gasteiger partial charge is 0.391 e. The van der Waals surface area contributed by atoms with Gasteiger partial charge in [0, 0.05) is 13.1 Å². The molecule has 1 rings (SSSR count). The number of nitrogen functional groups attached to an aromatic ring is 2. The van der Waals surface area contributed by atoms with Crippen molar-refractivity contribution in [2.24, 2.45) is 0 Å². The molecule has 0 saturated heterocycles. The zero-order valence-electron chi connectivity index (χ0n) is 10.7. The van der Waals surface area contributed by atoms with Crippen LogP contribution in [0.2, 0.25) is 0 Å². The van der Waals surface area contributed by atoms with Crippen LogP contribution in [-0.4, -0.2) is 9.13 Å². The number of hydrogen-bond donors (Lipinski definition) is 3. The minimum atomic E-state index is -0.555. The summed E-state index contributed by atoms with van der Waals surface area (Å²) < 4.78 is 2.37. The average Bonchev–Trinajstić information content (AvgIpc) is 2.32. The van der Waals surface area contributed by atoms with E-state index in [2.05, 4.69) is 6.58 Å². The van der Waals surface area contributed by atoms with Gasteiger partial charge in [0.05, 0.1) is 0 Å².